The van der Waals surface area contributed by atoms with Crippen LogP contribution in [-0.2, 0) is 21.8 Å². The summed E-state index contributed by atoms with van der Waals surface area (Å²) in [4.78, 5) is 0. The molecule has 0 saturated heterocycles. The van der Waals surface area contributed by atoms with E-state index in [1.165, 1.54) is 62.5 Å². The van der Waals surface area contributed by atoms with Crippen LogP contribution < -0.4 is 0 Å². The fourth-order valence-electron chi connectivity index (χ4n) is 3.98. The van der Waals surface area contributed by atoms with Crippen LogP contribution in [0, 0.1) is 0 Å². The summed E-state index contributed by atoms with van der Waals surface area (Å²) in [5.41, 5.74) is 2.60. The predicted molar refractivity (Wildman–Crippen MR) is 125 cm³/mol. The van der Waals surface area contributed by atoms with Crippen LogP contribution in [-0.4, -0.2) is 38.3 Å². The number of hydrogen-bond acceptors (Lipinski definition) is 2. The minimum absolute atomic E-state index is 0.640. The molecule has 0 heterocycles. The molecule has 0 spiro atoms. The molecule has 1 atom stereocenters. The van der Waals surface area contributed by atoms with E-state index in [1.54, 1.807) is 0 Å². The number of ether oxygens (including phenoxy) is 2. The van der Waals surface area contributed by atoms with Gasteiger partial charge in [0.2, 0.25) is 0 Å². The zero-order chi connectivity index (χ0) is 21.6. The zero-order valence-electron chi connectivity index (χ0n) is 20.3. The molecule has 0 aliphatic heterocycles. The molecule has 0 bridgehead atoms. The molecule has 0 N–H and O–H groups in total. The van der Waals surface area contributed by atoms with Gasteiger partial charge in [0, 0.05) is 0 Å². The van der Waals surface area contributed by atoms with Crippen molar-refractivity contribution in [1.82, 2.24) is 0 Å². The second-order valence-corrected chi connectivity index (χ2v) is 8.75. The van der Waals surface area contributed by atoms with Crippen LogP contribution in [0.3, 0.4) is 0 Å². The van der Waals surface area contributed by atoms with Gasteiger partial charge in [-0.05, 0) is 44.7 Å². The van der Waals surface area contributed by atoms with E-state index in [1.807, 2.05) is 0 Å². The monoisotopic (exact) mass is 406 g/mol. The zero-order valence-corrected chi connectivity index (χ0v) is 20.3. The van der Waals surface area contributed by atoms with E-state index in [2.05, 4.69) is 66.1 Å². The molecule has 1 unspecified atom stereocenters. The van der Waals surface area contributed by atoms with E-state index in [-0.39, 0.29) is 0 Å². The molecular weight excluding hydrogens is 358 g/mol. The van der Waals surface area contributed by atoms with E-state index >= 15 is 0 Å². The highest BCUT2D eigenvalue weighted by Crippen LogP contribution is 2.38. The minimum atomic E-state index is -0.740. The molecule has 1 aromatic carbocycles. The van der Waals surface area contributed by atoms with Gasteiger partial charge in [-0.2, -0.15) is 0 Å². The summed E-state index contributed by atoms with van der Waals surface area (Å²) in [5.74, 6) is -0.740. The average Bonchev–Trinajstić information content (AvgIpc) is 2.73. The lowest BCUT2D eigenvalue weighted by Crippen LogP contribution is -2.60. The number of benzene rings is 1. The molecule has 1 rings (SSSR count). The van der Waals surface area contributed by atoms with Crippen LogP contribution in [0.2, 0.25) is 0 Å². The Labute approximate surface area is 181 Å². The van der Waals surface area contributed by atoms with Crippen LogP contribution in [0.15, 0.2) is 24.3 Å². The van der Waals surface area contributed by atoms with Gasteiger partial charge >= 0.3 is 5.91 Å². The lowest BCUT2D eigenvalue weighted by molar-refractivity contribution is -1.01. The third-order valence-electron chi connectivity index (χ3n) is 6.13. The summed E-state index contributed by atoms with van der Waals surface area (Å²) >= 11 is 0. The topological polar surface area (TPSA) is 18.5 Å². The standard InChI is InChI=1S/C26H48NO2/c1-7-11-13-14-15-16-20-24-21-17-18-22-25(24)26(28-10-4,27(5,6)9-3)29-23-19-12-8-2/h17-18,21-22H,7-16,19-20,23H2,1-6H3/q+1. The van der Waals surface area contributed by atoms with Crippen molar-refractivity contribution in [3.63, 3.8) is 0 Å². The highest BCUT2D eigenvalue weighted by Gasteiger charge is 2.50. The van der Waals surface area contributed by atoms with Gasteiger partial charge in [0.1, 0.15) is 0 Å². The molecular formula is C26H48NO2+. The van der Waals surface area contributed by atoms with E-state index in [9.17, 15) is 0 Å². The van der Waals surface area contributed by atoms with E-state index in [0.29, 0.717) is 11.1 Å². The summed E-state index contributed by atoms with van der Waals surface area (Å²) in [6.45, 7) is 11.1. The van der Waals surface area contributed by atoms with Gasteiger partial charge < -0.3 is 0 Å². The van der Waals surface area contributed by atoms with Crippen molar-refractivity contribution in [1.29, 1.82) is 0 Å². The largest absolute Gasteiger partial charge is 0.347 e. The van der Waals surface area contributed by atoms with Crippen LogP contribution in [0.1, 0.15) is 96.6 Å². The molecule has 0 radical (unpaired) electrons. The van der Waals surface area contributed by atoms with Crippen molar-refractivity contribution in [3.05, 3.63) is 35.4 Å². The molecule has 0 saturated carbocycles. The van der Waals surface area contributed by atoms with Crippen molar-refractivity contribution in [2.75, 3.05) is 33.9 Å². The highest BCUT2D eigenvalue weighted by atomic mass is 16.7. The maximum Gasteiger partial charge on any atom is 0.347 e. The maximum atomic E-state index is 6.66. The third-order valence-corrected chi connectivity index (χ3v) is 6.13. The molecule has 29 heavy (non-hydrogen) atoms. The SMILES string of the molecule is CCCCCCCCc1ccccc1C(OCC)(OCCCCC)[N+](C)(C)CC. The molecule has 3 nitrogen and oxygen atoms in total. The Kier molecular flexibility index (Phi) is 12.8. The number of rotatable bonds is 17. The Bertz CT molecular complexity index is 543. The van der Waals surface area contributed by atoms with Crippen molar-refractivity contribution in [3.8, 4) is 0 Å². The second kappa shape index (κ2) is 14.2. The third kappa shape index (κ3) is 7.70. The first-order chi connectivity index (χ1) is 14.0. The van der Waals surface area contributed by atoms with E-state index < -0.39 is 5.91 Å². The van der Waals surface area contributed by atoms with Gasteiger partial charge in [-0.3, -0.25) is 14.0 Å². The Balaban J connectivity index is 3.10. The molecule has 1 aromatic rings. The molecule has 0 aliphatic rings. The van der Waals surface area contributed by atoms with Crippen LogP contribution in [0.5, 0.6) is 0 Å². The van der Waals surface area contributed by atoms with Gasteiger partial charge in [-0.25, -0.2) is 0 Å². The van der Waals surface area contributed by atoms with Crippen molar-refractivity contribution in [2.45, 2.75) is 97.8 Å². The molecule has 0 fully saturated rings. The Morgan fingerprint density at radius 3 is 2.03 bits per heavy atom. The summed E-state index contributed by atoms with van der Waals surface area (Å²) < 4.78 is 13.8. The maximum absolute atomic E-state index is 6.66. The van der Waals surface area contributed by atoms with Crippen LogP contribution in [0.25, 0.3) is 0 Å². The Morgan fingerprint density at radius 2 is 1.38 bits per heavy atom. The summed E-state index contributed by atoms with van der Waals surface area (Å²) in [5, 5.41) is 0. The van der Waals surface area contributed by atoms with Gasteiger partial charge in [-0.1, -0.05) is 77.0 Å². The first-order valence-electron chi connectivity index (χ1n) is 12.2. The average molecular weight is 407 g/mol. The molecule has 0 amide bonds. The summed E-state index contributed by atoms with van der Waals surface area (Å²) in [7, 11) is 4.47. The molecule has 168 valence electrons. The Morgan fingerprint density at radius 1 is 0.759 bits per heavy atom. The lowest BCUT2D eigenvalue weighted by Gasteiger charge is -2.47. The van der Waals surface area contributed by atoms with Crippen molar-refractivity contribution >= 4 is 0 Å². The first kappa shape index (κ1) is 26.1. The van der Waals surface area contributed by atoms with Gasteiger partial charge in [0.05, 0.1) is 39.4 Å². The number of aryl methyl sites for hydroxylation is 1. The van der Waals surface area contributed by atoms with Crippen LogP contribution >= 0.6 is 0 Å². The smallest absolute Gasteiger partial charge is 0.299 e. The van der Waals surface area contributed by atoms with E-state index in [0.717, 1.165) is 26.0 Å². The lowest BCUT2D eigenvalue weighted by atomic mass is 9.96. The summed E-state index contributed by atoms with van der Waals surface area (Å²) in [6.07, 6.45) is 12.5. The van der Waals surface area contributed by atoms with Crippen LogP contribution in [0.4, 0.5) is 0 Å². The highest BCUT2D eigenvalue weighted by molar-refractivity contribution is 5.30. The molecule has 3 heteroatoms. The van der Waals surface area contributed by atoms with Gasteiger partial charge in [-0.15, -0.1) is 0 Å². The molecule has 0 aromatic heterocycles. The van der Waals surface area contributed by atoms with Crippen molar-refractivity contribution < 1.29 is 14.0 Å². The minimum Gasteiger partial charge on any atom is -0.299 e. The van der Waals surface area contributed by atoms with Crippen molar-refractivity contribution in [2.24, 2.45) is 0 Å². The molecule has 0 aliphatic carbocycles. The number of quaternary nitrogens is 1. The number of unbranched alkanes of at least 4 members (excludes halogenated alkanes) is 7. The van der Waals surface area contributed by atoms with Gasteiger partial charge in [0.25, 0.3) is 0 Å². The predicted octanol–water partition coefficient (Wildman–Crippen LogP) is 7.04. The summed E-state index contributed by atoms with van der Waals surface area (Å²) in [6, 6.07) is 8.81. The number of nitrogens with zero attached hydrogens (tertiary/aromatic N) is 1. The Hall–Kier alpha value is -0.900. The first-order valence-corrected chi connectivity index (χ1v) is 12.2. The fourth-order valence-corrected chi connectivity index (χ4v) is 3.98. The second-order valence-electron chi connectivity index (χ2n) is 8.75. The van der Waals surface area contributed by atoms with Gasteiger partial charge in [0.15, 0.2) is 0 Å². The normalized spacial score (nSPS) is 14.1. The number of hydrogen-bond donors (Lipinski definition) is 0. The fraction of sp³-hybridized carbons (Fsp3) is 0.769. The quantitative estimate of drug-likeness (QED) is 0.157. The van der Waals surface area contributed by atoms with E-state index in [4.69, 9.17) is 9.47 Å².